The Labute approximate surface area is 133 Å². The van der Waals surface area contributed by atoms with E-state index in [0.717, 1.165) is 30.0 Å². The number of carbonyl (C=O) groups is 1. The van der Waals surface area contributed by atoms with Crippen LogP contribution in [-0.2, 0) is 13.0 Å². The molecule has 0 radical (unpaired) electrons. The Morgan fingerprint density at radius 3 is 2.86 bits per heavy atom. The van der Waals surface area contributed by atoms with Gasteiger partial charge in [0.25, 0.3) is 0 Å². The molecule has 0 bridgehead atoms. The predicted octanol–water partition coefficient (Wildman–Crippen LogP) is 3.01. The van der Waals surface area contributed by atoms with E-state index in [2.05, 4.69) is 11.4 Å². The molecule has 6 heteroatoms. The number of benzene rings is 1. The second kappa shape index (κ2) is 6.47. The molecular formula is C15H16ClNO3S. The van der Waals surface area contributed by atoms with Crippen LogP contribution >= 0.6 is 23.7 Å². The maximum absolute atomic E-state index is 11.1. The third-order valence-electron chi connectivity index (χ3n) is 3.48. The first-order valence-corrected chi connectivity index (χ1v) is 7.23. The van der Waals surface area contributed by atoms with Gasteiger partial charge in [-0.15, -0.1) is 23.7 Å². The van der Waals surface area contributed by atoms with Crippen molar-refractivity contribution in [3.05, 3.63) is 34.2 Å². The summed E-state index contributed by atoms with van der Waals surface area (Å²) in [6.07, 6.45) is 1.69. The lowest BCUT2D eigenvalue weighted by atomic mass is 10.1. The number of carbonyl (C=O) groups excluding carboxylic acids is 1. The van der Waals surface area contributed by atoms with Gasteiger partial charge in [0.2, 0.25) is 0 Å². The van der Waals surface area contributed by atoms with Gasteiger partial charge in [0.1, 0.15) is 0 Å². The average molecular weight is 326 g/mol. The number of rotatable bonds is 3. The van der Waals surface area contributed by atoms with Crippen molar-refractivity contribution < 1.29 is 14.6 Å². The fraction of sp³-hybridized carbons (Fsp3) is 0.267. The zero-order chi connectivity index (χ0) is 14.1. The van der Waals surface area contributed by atoms with E-state index < -0.39 is 0 Å². The van der Waals surface area contributed by atoms with Crippen molar-refractivity contribution in [2.75, 3.05) is 13.7 Å². The number of aldehydes is 1. The average Bonchev–Trinajstić information content (AvgIpc) is 2.91. The third kappa shape index (κ3) is 2.90. The molecule has 0 spiro atoms. The second-order valence-electron chi connectivity index (χ2n) is 4.72. The number of thiophene rings is 1. The second-order valence-corrected chi connectivity index (χ2v) is 5.86. The molecule has 0 amide bonds. The fourth-order valence-electron chi connectivity index (χ4n) is 2.41. The number of phenolic OH excluding ortho intramolecular Hbond substituents is 1. The van der Waals surface area contributed by atoms with Gasteiger partial charge in [0.05, 0.1) is 12.7 Å². The lowest BCUT2D eigenvalue weighted by Crippen LogP contribution is -2.21. The van der Waals surface area contributed by atoms with Crippen molar-refractivity contribution in [1.29, 1.82) is 0 Å². The van der Waals surface area contributed by atoms with E-state index in [1.165, 1.54) is 17.6 Å². The highest BCUT2D eigenvalue weighted by Crippen LogP contribution is 2.39. The number of ether oxygens (including phenoxy) is 1. The van der Waals surface area contributed by atoms with Crippen molar-refractivity contribution in [2.24, 2.45) is 0 Å². The molecule has 1 aliphatic heterocycles. The molecule has 0 fully saturated rings. The first kappa shape index (κ1) is 15.8. The van der Waals surface area contributed by atoms with Gasteiger partial charge < -0.3 is 15.2 Å². The summed E-state index contributed by atoms with van der Waals surface area (Å²) in [5, 5.41) is 13.2. The van der Waals surface area contributed by atoms with Crippen LogP contribution in [0.15, 0.2) is 18.2 Å². The molecule has 3 rings (SSSR count). The Hall–Kier alpha value is -1.56. The highest BCUT2D eigenvalue weighted by atomic mass is 35.5. The predicted molar refractivity (Wildman–Crippen MR) is 86.0 cm³/mol. The zero-order valence-electron chi connectivity index (χ0n) is 11.5. The van der Waals surface area contributed by atoms with Crippen molar-refractivity contribution in [3.8, 4) is 21.9 Å². The van der Waals surface area contributed by atoms with Gasteiger partial charge in [-0.1, -0.05) is 0 Å². The van der Waals surface area contributed by atoms with Gasteiger partial charge in [-0.2, -0.15) is 0 Å². The van der Waals surface area contributed by atoms with Gasteiger partial charge in [-0.25, -0.2) is 0 Å². The topological polar surface area (TPSA) is 58.6 Å². The van der Waals surface area contributed by atoms with Crippen molar-refractivity contribution in [3.63, 3.8) is 0 Å². The first-order chi connectivity index (χ1) is 9.72. The van der Waals surface area contributed by atoms with Gasteiger partial charge in [0, 0.05) is 22.8 Å². The van der Waals surface area contributed by atoms with E-state index in [4.69, 9.17) is 4.74 Å². The van der Waals surface area contributed by atoms with Crippen LogP contribution in [0.25, 0.3) is 10.4 Å². The van der Waals surface area contributed by atoms with Crippen LogP contribution in [0.1, 0.15) is 20.8 Å². The Kier molecular flexibility index (Phi) is 4.88. The van der Waals surface area contributed by atoms with E-state index in [0.29, 0.717) is 12.0 Å². The van der Waals surface area contributed by atoms with Crippen LogP contribution in [0, 0.1) is 0 Å². The summed E-state index contributed by atoms with van der Waals surface area (Å²) in [4.78, 5) is 13.5. The molecule has 0 aliphatic carbocycles. The summed E-state index contributed by atoms with van der Waals surface area (Å²) in [6.45, 7) is 1.90. The monoisotopic (exact) mass is 325 g/mol. The Morgan fingerprint density at radius 2 is 2.19 bits per heavy atom. The summed E-state index contributed by atoms with van der Waals surface area (Å²) in [6, 6.07) is 5.62. The van der Waals surface area contributed by atoms with Crippen molar-refractivity contribution in [1.82, 2.24) is 5.32 Å². The molecule has 1 aromatic heterocycles. The van der Waals surface area contributed by atoms with E-state index in [1.807, 2.05) is 0 Å². The number of hydrogen-bond donors (Lipinski definition) is 2. The van der Waals surface area contributed by atoms with Crippen LogP contribution in [0.2, 0.25) is 0 Å². The largest absolute Gasteiger partial charge is 0.504 e. The standard InChI is InChI=1S/C15H15NO3S.ClH/c1-19-12-5-9(4-11(8-17)15(12)18)14-6-10-7-16-3-2-13(10)20-14;/h4-6,8,16,18H,2-3,7H2,1H3;1H. The Bertz CT molecular complexity index is 646. The Balaban J connectivity index is 0.00000161. The number of hydrogen-bond acceptors (Lipinski definition) is 5. The summed E-state index contributed by atoms with van der Waals surface area (Å²) in [5.74, 6) is 0.225. The zero-order valence-corrected chi connectivity index (χ0v) is 13.1. The van der Waals surface area contributed by atoms with Crippen LogP contribution in [0.4, 0.5) is 0 Å². The van der Waals surface area contributed by atoms with E-state index in [-0.39, 0.29) is 23.7 Å². The molecule has 21 heavy (non-hydrogen) atoms. The summed E-state index contributed by atoms with van der Waals surface area (Å²) < 4.78 is 5.14. The maximum atomic E-state index is 11.1. The highest BCUT2D eigenvalue weighted by Gasteiger charge is 2.16. The first-order valence-electron chi connectivity index (χ1n) is 6.41. The van der Waals surface area contributed by atoms with Crippen molar-refractivity contribution in [2.45, 2.75) is 13.0 Å². The van der Waals surface area contributed by atoms with Crippen LogP contribution < -0.4 is 10.1 Å². The minimum absolute atomic E-state index is 0. The SMILES string of the molecule is COc1cc(-c2cc3c(s2)CCNC3)cc(C=O)c1O.Cl. The lowest BCUT2D eigenvalue weighted by molar-refractivity contribution is 0.112. The number of fused-ring (bicyclic) bond motifs is 1. The Morgan fingerprint density at radius 1 is 1.38 bits per heavy atom. The lowest BCUT2D eigenvalue weighted by Gasteiger charge is -2.10. The number of phenols is 1. The summed E-state index contributed by atoms with van der Waals surface area (Å²) >= 11 is 1.74. The third-order valence-corrected chi connectivity index (χ3v) is 4.76. The molecule has 0 unspecified atom stereocenters. The molecule has 2 N–H and O–H groups in total. The molecule has 1 aliphatic rings. The van der Waals surface area contributed by atoms with E-state index >= 15 is 0 Å². The van der Waals surface area contributed by atoms with Crippen LogP contribution in [-0.4, -0.2) is 25.0 Å². The molecule has 112 valence electrons. The smallest absolute Gasteiger partial charge is 0.168 e. The molecule has 1 aromatic carbocycles. The minimum atomic E-state index is -0.103. The van der Waals surface area contributed by atoms with E-state index in [9.17, 15) is 9.90 Å². The highest BCUT2D eigenvalue weighted by molar-refractivity contribution is 7.15. The summed E-state index contributed by atoms with van der Waals surface area (Å²) in [7, 11) is 1.48. The number of aromatic hydroxyl groups is 1. The van der Waals surface area contributed by atoms with Gasteiger partial charge in [-0.05, 0) is 35.7 Å². The molecule has 0 atom stereocenters. The number of halogens is 1. The van der Waals surface area contributed by atoms with Gasteiger partial charge >= 0.3 is 0 Å². The van der Waals surface area contributed by atoms with Gasteiger partial charge in [0.15, 0.2) is 17.8 Å². The van der Waals surface area contributed by atoms with Crippen molar-refractivity contribution >= 4 is 30.0 Å². The molecule has 4 nitrogen and oxygen atoms in total. The molecule has 0 saturated heterocycles. The molecule has 2 aromatic rings. The molecule has 2 heterocycles. The summed E-state index contributed by atoms with van der Waals surface area (Å²) in [5.41, 5.74) is 2.47. The maximum Gasteiger partial charge on any atom is 0.168 e. The minimum Gasteiger partial charge on any atom is -0.504 e. The van der Waals surface area contributed by atoms with Crippen LogP contribution in [0.3, 0.4) is 0 Å². The number of methoxy groups -OCH3 is 1. The normalized spacial score (nSPS) is 13.2. The van der Waals surface area contributed by atoms with E-state index in [1.54, 1.807) is 23.5 Å². The van der Waals surface area contributed by atoms with Gasteiger partial charge in [-0.3, -0.25) is 4.79 Å². The number of nitrogens with one attached hydrogen (secondary N) is 1. The van der Waals surface area contributed by atoms with Crippen LogP contribution in [0.5, 0.6) is 11.5 Å². The molecular weight excluding hydrogens is 310 g/mol. The molecule has 0 saturated carbocycles. The quantitative estimate of drug-likeness (QED) is 0.852. The fourth-order valence-corrected chi connectivity index (χ4v) is 3.58.